The van der Waals surface area contributed by atoms with E-state index in [0.717, 1.165) is 31.6 Å². The molecule has 0 unspecified atom stereocenters. The predicted molar refractivity (Wildman–Crippen MR) is 115 cm³/mol. The number of pyridine rings is 1. The topological polar surface area (TPSA) is 65.5 Å². The lowest BCUT2D eigenvalue weighted by Gasteiger charge is -2.37. The lowest BCUT2D eigenvalue weighted by Crippen LogP contribution is -2.48. The van der Waals surface area contributed by atoms with Gasteiger partial charge >= 0.3 is 0 Å². The molecule has 31 heavy (non-hydrogen) atoms. The Labute approximate surface area is 185 Å². The zero-order valence-electron chi connectivity index (χ0n) is 17.4. The maximum atomic E-state index is 15.1. The summed E-state index contributed by atoms with van der Waals surface area (Å²) in [7, 11) is -4.65. The van der Waals surface area contributed by atoms with Gasteiger partial charge in [0.1, 0.15) is 21.6 Å². The zero-order chi connectivity index (χ0) is 23.0. The Morgan fingerprint density at radius 3 is 2.55 bits per heavy atom. The Balaban J connectivity index is 1.95. The molecular weight excluding hydrogens is 453 g/mol. The number of nitrogens with zero attached hydrogens (tertiary/aromatic N) is 3. The summed E-state index contributed by atoms with van der Waals surface area (Å²) in [5.41, 5.74) is -0.324. The zero-order valence-corrected chi connectivity index (χ0v) is 19.0. The van der Waals surface area contributed by atoms with Gasteiger partial charge in [-0.3, -0.25) is 9.62 Å². The molecule has 1 aliphatic heterocycles. The van der Waals surface area contributed by atoms with Crippen molar-refractivity contribution in [2.75, 3.05) is 35.8 Å². The number of nitrogens with one attached hydrogen (secondary N) is 1. The smallest absolute Gasteiger partial charge is 0.267 e. The molecule has 1 fully saturated rings. The minimum absolute atomic E-state index is 0.0961. The van der Waals surface area contributed by atoms with Crippen molar-refractivity contribution in [2.24, 2.45) is 0 Å². The van der Waals surface area contributed by atoms with Crippen molar-refractivity contribution in [3.63, 3.8) is 0 Å². The summed E-state index contributed by atoms with van der Waals surface area (Å²) >= 11 is 5.99. The van der Waals surface area contributed by atoms with E-state index >= 15 is 4.39 Å². The van der Waals surface area contributed by atoms with E-state index < -0.39 is 37.5 Å². The van der Waals surface area contributed by atoms with Gasteiger partial charge in [0.05, 0.1) is 5.69 Å². The van der Waals surface area contributed by atoms with Crippen LogP contribution in [-0.2, 0) is 10.0 Å². The second-order valence-corrected chi connectivity index (χ2v) is 9.62. The van der Waals surface area contributed by atoms with Crippen molar-refractivity contribution < 1.29 is 21.6 Å². The van der Waals surface area contributed by atoms with Crippen LogP contribution in [0.1, 0.15) is 27.2 Å². The highest BCUT2D eigenvalue weighted by atomic mass is 35.5. The maximum absolute atomic E-state index is 15.1. The van der Waals surface area contributed by atoms with Crippen LogP contribution in [-0.4, -0.2) is 50.0 Å². The highest BCUT2D eigenvalue weighted by Gasteiger charge is 2.39. The molecular formula is C20H24ClF3N4O2S. The van der Waals surface area contributed by atoms with Crippen LogP contribution in [0.3, 0.4) is 0 Å². The van der Waals surface area contributed by atoms with Crippen molar-refractivity contribution >= 4 is 33.1 Å². The fraction of sp³-hybridized carbons (Fsp3) is 0.450. The van der Waals surface area contributed by atoms with E-state index in [1.54, 1.807) is 4.90 Å². The van der Waals surface area contributed by atoms with Crippen molar-refractivity contribution in [1.29, 1.82) is 0 Å². The Hall–Kier alpha value is -2.04. The number of aromatic nitrogens is 1. The summed E-state index contributed by atoms with van der Waals surface area (Å²) in [6, 6.07) is 4.25. The molecule has 1 aromatic heterocycles. The fourth-order valence-corrected chi connectivity index (χ4v) is 5.72. The number of benzene rings is 1. The number of rotatable bonds is 7. The molecule has 3 rings (SSSR count). The van der Waals surface area contributed by atoms with E-state index in [1.165, 1.54) is 12.1 Å². The first kappa shape index (κ1) is 23.6. The van der Waals surface area contributed by atoms with Crippen LogP contribution in [0, 0.1) is 17.6 Å². The normalized spacial score (nSPS) is 19.3. The van der Waals surface area contributed by atoms with Gasteiger partial charge in [0, 0.05) is 24.7 Å². The van der Waals surface area contributed by atoms with Crippen LogP contribution < -0.4 is 9.62 Å². The van der Waals surface area contributed by atoms with Gasteiger partial charge in [-0.05, 0) is 38.6 Å². The van der Waals surface area contributed by atoms with Gasteiger partial charge < -0.3 is 4.90 Å². The monoisotopic (exact) mass is 476 g/mol. The second-order valence-electron chi connectivity index (χ2n) is 7.63. The van der Waals surface area contributed by atoms with Crippen molar-refractivity contribution in [2.45, 2.75) is 37.6 Å². The van der Waals surface area contributed by atoms with Crippen molar-refractivity contribution in [3.05, 3.63) is 46.9 Å². The number of halogens is 4. The van der Waals surface area contributed by atoms with Gasteiger partial charge in [0.2, 0.25) is 5.95 Å². The van der Waals surface area contributed by atoms with Crippen LogP contribution >= 0.6 is 11.6 Å². The quantitative estimate of drug-likeness (QED) is 0.477. The maximum Gasteiger partial charge on any atom is 0.267 e. The predicted octanol–water partition coefficient (Wildman–Crippen LogP) is 4.26. The number of anilines is 2. The molecule has 0 aliphatic carbocycles. The molecule has 1 atom stereocenters. The third-order valence-corrected chi connectivity index (χ3v) is 7.52. The third kappa shape index (κ3) is 4.61. The molecule has 0 bridgehead atoms. The number of likely N-dealkylation sites (N-methyl/N-ethyl adjacent to an activating group) is 1. The molecule has 0 spiro atoms. The number of hydrogen-bond donors (Lipinski definition) is 1. The first-order valence-corrected chi connectivity index (χ1v) is 11.7. The average molecular weight is 477 g/mol. The van der Waals surface area contributed by atoms with Gasteiger partial charge in [-0.15, -0.1) is 0 Å². The molecule has 6 nitrogen and oxygen atoms in total. The first-order chi connectivity index (χ1) is 14.5. The van der Waals surface area contributed by atoms with E-state index in [0.29, 0.717) is 13.1 Å². The van der Waals surface area contributed by atoms with E-state index in [9.17, 15) is 17.2 Å². The lowest BCUT2D eigenvalue weighted by molar-refractivity contribution is 0.137. The highest BCUT2D eigenvalue weighted by Crippen LogP contribution is 2.38. The molecule has 0 radical (unpaired) electrons. The van der Waals surface area contributed by atoms with E-state index in [2.05, 4.69) is 16.8 Å². The fourth-order valence-electron chi connectivity index (χ4n) is 4.09. The summed E-state index contributed by atoms with van der Waals surface area (Å²) in [5.74, 6) is -3.55. The Morgan fingerprint density at radius 2 is 1.94 bits per heavy atom. The lowest BCUT2D eigenvalue weighted by atomic mass is 9.99. The molecule has 1 aliphatic rings. The minimum Gasteiger partial charge on any atom is -0.367 e. The Morgan fingerprint density at radius 1 is 1.26 bits per heavy atom. The number of sulfonamides is 1. The Kier molecular flexibility index (Phi) is 6.73. The summed E-state index contributed by atoms with van der Waals surface area (Å²) < 4.78 is 70.5. The van der Waals surface area contributed by atoms with E-state index in [-0.39, 0.29) is 17.0 Å². The molecule has 1 N–H and O–H groups in total. The largest absolute Gasteiger partial charge is 0.367 e. The number of hydrogen-bond acceptors (Lipinski definition) is 5. The van der Waals surface area contributed by atoms with Gasteiger partial charge in [-0.2, -0.15) is 4.39 Å². The van der Waals surface area contributed by atoms with Gasteiger partial charge in [-0.25, -0.2) is 22.2 Å². The van der Waals surface area contributed by atoms with Gasteiger partial charge in [-0.1, -0.05) is 31.5 Å². The van der Waals surface area contributed by atoms with E-state index in [4.69, 9.17) is 11.6 Å². The average Bonchev–Trinajstić information content (AvgIpc) is 3.07. The van der Waals surface area contributed by atoms with E-state index in [1.807, 2.05) is 18.6 Å². The standard InChI is InChI=1S/C20H24ClF3N4O2S/c1-4-28(5-2)20(3)9-10-27(12-20)14-11-13(22)19(17(21)18(14)24)31(29,30)26-16-8-6-7-15(23)25-16/h6-8,11H,4-5,9-10,12H2,1-3H3,(H,25,26)/t20-/m1/s1. The summed E-state index contributed by atoms with van der Waals surface area (Å²) in [6.07, 6.45) is 0.736. The van der Waals surface area contributed by atoms with Crippen LogP contribution in [0.2, 0.25) is 5.02 Å². The molecule has 2 heterocycles. The molecule has 1 aromatic carbocycles. The third-order valence-electron chi connectivity index (χ3n) is 5.64. The Bertz CT molecular complexity index is 1080. The van der Waals surface area contributed by atoms with Gasteiger partial charge in [0.25, 0.3) is 10.0 Å². The molecule has 1 saturated heterocycles. The summed E-state index contributed by atoms with van der Waals surface area (Å²) in [4.78, 5) is 6.23. The summed E-state index contributed by atoms with van der Waals surface area (Å²) in [6.45, 7) is 8.68. The van der Waals surface area contributed by atoms with Crippen LogP contribution in [0.25, 0.3) is 0 Å². The second kappa shape index (κ2) is 8.84. The molecule has 170 valence electrons. The van der Waals surface area contributed by atoms with Gasteiger partial charge in [0.15, 0.2) is 5.82 Å². The molecule has 11 heteroatoms. The molecule has 2 aromatic rings. The minimum atomic E-state index is -4.65. The summed E-state index contributed by atoms with van der Waals surface area (Å²) in [5, 5.41) is -0.865. The van der Waals surface area contributed by atoms with Crippen molar-refractivity contribution in [1.82, 2.24) is 9.88 Å². The van der Waals surface area contributed by atoms with Crippen LogP contribution in [0.5, 0.6) is 0 Å². The van der Waals surface area contributed by atoms with Crippen molar-refractivity contribution in [3.8, 4) is 0 Å². The highest BCUT2D eigenvalue weighted by molar-refractivity contribution is 7.92. The molecule has 0 amide bonds. The van der Waals surface area contributed by atoms with Crippen LogP contribution in [0.4, 0.5) is 24.7 Å². The first-order valence-electron chi connectivity index (χ1n) is 9.85. The van der Waals surface area contributed by atoms with Crippen LogP contribution in [0.15, 0.2) is 29.2 Å². The molecule has 0 saturated carbocycles. The SMILES string of the molecule is CCN(CC)[C@]1(C)CCN(c2cc(F)c(S(=O)(=O)Nc3cccc(F)n3)c(Cl)c2F)C1.